The summed E-state index contributed by atoms with van der Waals surface area (Å²) in [4.78, 5) is 23.3. The number of anilines is 1. The Hall–Kier alpha value is -2.12. The Labute approximate surface area is 96.9 Å². The number of nitrogens with one attached hydrogen (secondary N) is 2. The van der Waals surface area contributed by atoms with Crippen molar-refractivity contribution >= 4 is 17.6 Å². The number of hydrogen-bond donors (Lipinski definition) is 3. The van der Waals surface area contributed by atoms with Gasteiger partial charge in [0.05, 0.1) is 0 Å². The summed E-state index contributed by atoms with van der Waals surface area (Å²) in [5, 5.41) is 11.9. The lowest BCUT2D eigenvalue weighted by molar-refractivity contribution is -0.122. The lowest BCUT2D eigenvalue weighted by atomic mass is 10.1. The number of nitrogens with two attached hydrogens (primary N) is 1. The predicted molar refractivity (Wildman–Crippen MR) is 56.8 cm³/mol. The molecule has 0 spiro atoms. The fraction of sp³-hybridized carbons (Fsp3) is 0.556. The number of amides is 2. The van der Waals surface area contributed by atoms with Crippen molar-refractivity contribution in [3.8, 4) is 0 Å². The second-order valence-corrected chi connectivity index (χ2v) is 3.81. The van der Waals surface area contributed by atoms with Crippen LogP contribution in [0.2, 0.25) is 0 Å². The highest BCUT2D eigenvalue weighted by molar-refractivity contribution is 5.98. The summed E-state index contributed by atoms with van der Waals surface area (Å²) in [5.41, 5.74) is 5.29. The van der Waals surface area contributed by atoms with E-state index in [4.69, 9.17) is 5.73 Å². The van der Waals surface area contributed by atoms with E-state index in [0.29, 0.717) is 13.0 Å². The number of carbonyl (C=O) groups excluding carboxylic acids is 2. The van der Waals surface area contributed by atoms with Gasteiger partial charge in [-0.3, -0.25) is 9.59 Å². The highest BCUT2D eigenvalue weighted by Crippen LogP contribution is 2.08. The molecule has 0 saturated carbocycles. The van der Waals surface area contributed by atoms with Gasteiger partial charge in [-0.25, -0.2) is 4.63 Å². The third-order valence-corrected chi connectivity index (χ3v) is 2.57. The maximum Gasteiger partial charge on any atom is 0.278 e. The molecule has 8 nitrogen and oxygen atoms in total. The van der Waals surface area contributed by atoms with Crippen molar-refractivity contribution in [1.82, 2.24) is 20.9 Å². The molecular weight excluding hydrogens is 226 g/mol. The summed E-state index contributed by atoms with van der Waals surface area (Å²) in [6.07, 6.45) is 2.38. The Morgan fingerprint density at radius 2 is 2.29 bits per heavy atom. The van der Waals surface area contributed by atoms with Crippen LogP contribution < -0.4 is 16.4 Å². The van der Waals surface area contributed by atoms with Crippen molar-refractivity contribution in [2.45, 2.75) is 25.3 Å². The Morgan fingerprint density at radius 1 is 1.47 bits per heavy atom. The third-order valence-electron chi connectivity index (χ3n) is 2.57. The van der Waals surface area contributed by atoms with Gasteiger partial charge in [-0.15, -0.1) is 0 Å². The second kappa shape index (κ2) is 4.81. The SMILES string of the molecule is Nc1nonc1C(=O)NC1CCCCNC1=O. The first kappa shape index (κ1) is 11.4. The van der Waals surface area contributed by atoms with Crippen molar-refractivity contribution in [1.29, 1.82) is 0 Å². The van der Waals surface area contributed by atoms with Gasteiger partial charge < -0.3 is 16.4 Å². The average molecular weight is 239 g/mol. The molecule has 8 heteroatoms. The van der Waals surface area contributed by atoms with Gasteiger partial charge in [0.2, 0.25) is 17.4 Å². The fourth-order valence-corrected chi connectivity index (χ4v) is 1.66. The molecule has 1 saturated heterocycles. The molecule has 1 atom stereocenters. The Kier molecular flexibility index (Phi) is 3.22. The maximum absolute atomic E-state index is 11.7. The van der Waals surface area contributed by atoms with Crippen LogP contribution >= 0.6 is 0 Å². The monoisotopic (exact) mass is 239 g/mol. The van der Waals surface area contributed by atoms with Crippen LogP contribution in [0.5, 0.6) is 0 Å². The summed E-state index contributed by atoms with van der Waals surface area (Å²) in [7, 11) is 0. The molecule has 2 amide bonds. The van der Waals surface area contributed by atoms with E-state index < -0.39 is 11.9 Å². The normalized spacial score (nSPS) is 20.5. The van der Waals surface area contributed by atoms with E-state index in [1.165, 1.54) is 0 Å². The highest BCUT2D eigenvalue weighted by atomic mass is 16.6. The first-order valence-electron chi connectivity index (χ1n) is 5.35. The maximum atomic E-state index is 11.7. The first-order valence-corrected chi connectivity index (χ1v) is 5.35. The fourth-order valence-electron chi connectivity index (χ4n) is 1.66. The van der Waals surface area contributed by atoms with Crippen molar-refractivity contribution < 1.29 is 14.2 Å². The van der Waals surface area contributed by atoms with Crippen LogP contribution in [0.4, 0.5) is 5.82 Å². The standard InChI is InChI=1S/C9H13N5O3/c10-7-6(13-17-14-7)9(16)12-5-3-1-2-4-11-8(5)15/h5H,1-4H2,(H2,10,14)(H,11,15)(H,12,16). The lowest BCUT2D eigenvalue weighted by Crippen LogP contribution is -2.45. The first-order chi connectivity index (χ1) is 8.18. The molecule has 0 aromatic carbocycles. The van der Waals surface area contributed by atoms with Gasteiger partial charge in [-0.1, -0.05) is 0 Å². The number of nitrogen functional groups attached to an aromatic ring is 1. The molecule has 1 unspecified atom stereocenters. The van der Waals surface area contributed by atoms with Crippen molar-refractivity contribution in [2.24, 2.45) is 0 Å². The quantitative estimate of drug-likeness (QED) is 0.611. The molecule has 4 N–H and O–H groups in total. The smallest absolute Gasteiger partial charge is 0.278 e. The molecule has 92 valence electrons. The van der Waals surface area contributed by atoms with E-state index in [2.05, 4.69) is 25.6 Å². The van der Waals surface area contributed by atoms with Crippen molar-refractivity contribution in [3.05, 3.63) is 5.69 Å². The molecule has 2 heterocycles. The minimum absolute atomic E-state index is 0.0865. The molecule has 1 fully saturated rings. The molecule has 0 radical (unpaired) electrons. The Bertz CT molecular complexity index is 430. The molecule has 2 rings (SSSR count). The van der Waals surface area contributed by atoms with Gasteiger partial charge >= 0.3 is 0 Å². The zero-order valence-electron chi connectivity index (χ0n) is 9.10. The molecule has 1 aromatic heterocycles. The van der Waals surface area contributed by atoms with E-state index in [-0.39, 0.29) is 17.4 Å². The van der Waals surface area contributed by atoms with Gasteiger partial charge in [-0.2, -0.15) is 0 Å². The Morgan fingerprint density at radius 3 is 3.00 bits per heavy atom. The van der Waals surface area contributed by atoms with E-state index in [0.717, 1.165) is 12.8 Å². The largest absolute Gasteiger partial charge is 0.379 e. The predicted octanol–water partition coefficient (Wildman–Crippen LogP) is -0.950. The number of nitrogens with zero attached hydrogens (tertiary/aromatic N) is 2. The van der Waals surface area contributed by atoms with Crippen LogP contribution in [0.3, 0.4) is 0 Å². The van der Waals surface area contributed by atoms with Crippen LogP contribution in [0, 0.1) is 0 Å². The molecule has 0 bridgehead atoms. The van der Waals surface area contributed by atoms with E-state index in [1.54, 1.807) is 0 Å². The summed E-state index contributed by atoms with van der Waals surface area (Å²) in [5.74, 6) is -0.826. The van der Waals surface area contributed by atoms with Gasteiger partial charge in [0.25, 0.3) is 5.91 Å². The van der Waals surface area contributed by atoms with E-state index in [9.17, 15) is 9.59 Å². The van der Waals surface area contributed by atoms with Gasteiger partial charge in [0.15, 0.2) is 0 Å². The molecule has 1 aromatic rings. The topological polar surface area (TPSA) is 123 Å². The minimum Gasteiger partial charge on any atom is -0.379 e. The number of rotatable bonds is 2. The van der Waals surface area contributed by atoms with Gasteiger partial charge in [-0.05, 0) is 29.6 Å². The second-order valence-electron chi connectivity index (χ2n) is 3.81. The van der Waals surface area contributed by atoms with Crippen LogP contribution in [0.25, 0.3) is 0 Å². The average Bonchev–Trinajstić information content (AvgIpc) is 2.63. The van der Waals surface area contributed by atoms with Crippen LogP contribution in [-0.2, 0) is 4.79 Å². The number of hydrogen-bond acceptors (Lipinski definition) is 6. The lowest BCUT2D eigenvalue weighted by Gasteiger charge is -2.13. The molecular formula is C9H13N5O3. The van der Waals surface area contributed by atoms with E-state index >= 15 is 0 Å². The summed E-state index contributed by atoms with van der Waals surface area (Å²) in [6, 6.07) is -0.555. The van der Waals surface area contributed by atoms with Crippen molar-refractivity contribution in [2.75, 3.05) is 12.3 Å². The zero-order valence-corrected chi connectivity index (χ0v) is 9.10. The van der Waals surface area contributed by atoms with Gasteiger partial charge in [0, 0.05) is 6.54 Å². The van der Waals surface area contributed by atoms with Crippen molar-refractivity contribution in [3.63, 3.8) is 0 Å². The molecule has 1 aliphatic heterocycles. The van der Waals surface area contributed by atoms with Gasteiger partial charge in [0.1, 0.15) is 6.04 Å². The van der Waals surface area contributed by atoms with Crippen LogP contribution in [0.1, 0.15) is 29.8 Å². The molecule has 1 aliphatic rings. The van der Waals surface area contributed by atoms with E-state index in [1.807, 2.05) is 0 Å². The summed E-state index contributed by atoms with van der Waals surface area (Å²) < 4.78 is 4.32. The number of aromatic nitrogens is 2. The summed E-state index contributed by atoms with van der Waals surface area (Å²) >= 11 is 0. The number of carbonyl (C=O) groups is 2. The van der Waals surface area contributed by atoms with Crippen LogP contribution in [-0.4, -0.2) is 34.7 Å². The zero-order chi connectivity index (χ0) is 12.3. The minimum atomic E-state index is -0.555. The molecule has 17 heavy (non-hydrogen) atoms. The van der Waals surface area contributed by atoms with Crippen LogP contribution in [0.15, 0.2) is 4.63 Å². The highest BCUT2D eigenvalue weighted by Gasteiger charge is 2.25. The third kappa shape index (κ3) is 2.52. The Balaban J connectivity index is 2.02. The summed E-state index contributed by atoms with van der Waals surface area (Å²) in [6.45, 7) is 0.638. The molecule has 0 aliphatic carbocycles.